The fraction of sp³-hybridized carbons (Fsp3) is 0.500. The van der Waals surface area contributed by atoms with Crippen LogP contribution >= 0.6 is 0 Å². The maximum absolute atomic E-state index is 5.36. The van der Waals surface area contributed by atoms with Crippen molar-refractivity contribution in [2.45, 2.75) is 6.42 Å². The van der Waals surface area contributed by atoms with Crippen LogP contribution in [0.25, 0.3) is 11.0 Å². The molecule has 1 aromatic carbocycles. The molecule has 2 aromatic rings. The molecule has 1 aromatic heterocycles. The number of fused-ring (bicyclic) bond motifs is 1. The number of morpholine rings is 1. The normalized spacial score (nSPS) is 16.8. The van der Waals surface area contributed by atoms with Gasteiger partial charge in [-0.25, -0.2) is 4.98 Å². The van der Waals surface area contributed by atoms with E-state index in [2.05, 4.69) is 15.3 Å². The maximum Gasteiger partial charge on any atom is 0.201 e. The molecule has 0 radical (unpaired) electrons. The summed E-state index contributed by atoms with van der Waals surface area (Å²) in [7, 11) is 0. The Morgan fingerprint density at radius 2 is 2.11 bits per heavy atom. The number of ether oxygens (including phenoxy) is 1. The van der Waals surface area contributed by atoms with E-state index >= 15 is 0 Å². The average molecular weight is 261 g/mol. The smallest absolute Gasteiger partial charge is 0.201 e. The van der Waals surface area contributed by atoms with Gasteiger partial charge in [-0.3, -0.25) is 0 Å². The minimum absolute atomic E-state index is 0.873. The van der Waals surface area contributed by atoms with Crippen molar-refractivity contribution in [3.05, 3.63) is 24.3 Å². The van der Waals surface area contributed by atoms with E-state index in [0.717, 1.165) is 56.3 Å². The molecule has 1 fully saturated rings. The standard InChI is InChI=1S/C14H20N4O/c1-2-5-13-12(4-1)16-14(17-13)15-6-3-7-18-8-10-19-11-9-18/h1-2,4-5H,3,6-11H2,(H2,15,16,17)/p+1. The van der Waals surface area contributed by atoms with Gasteiger partial charge in [-0.15, -0.1) is 0 Å². The topological polar surface area (TPSA) is 54.4 Å². The first-order valence-corrected chi connectivity index (χ1v) is 7.02. The van der Waals surface area contributed by atoms with Crippen LogP contribution in [0.2, 0.25) is 0 Å². The summed E-state index contributed by atoms with van der Waals surface area (Å²) in [4.78, 5) is 9.44. The first-order chi connectivity index (χ1) is 9.42. The third-order valence-electron chi connectivity index (χ3n) is 3.59. The van der Waals surface area contributed by atoms with Gasteiger partial charge in [-0.1, -0.05) is 12.1 Å². The molecule has 102 valence electrons. The predicted molar refractivity (Wildman–Crippen MR) is 75.6 cm³/mol. The number of aromatic nitrogens is 2. The van der Waals surface area contributed by atoms with Crippen LogP contribution in [0.15, 0.2) is 24.3 Å². The summed E-state index contributed by atoms with van der Waals surface area (Å²) in [6.45, 7) is 6.27. The highest BCUT2D eigenvalue weighted by atomic mass is 16.5. The molecule has 0 saturated carbocycles. The van der Waals surface area contributed by atoms with Gasteiger partial charge >= 0.3 is 0 Å². The average Bonchev–Trinajstić information content (AvgIpc) is 2.87. The van der Waals surface area contributed by atoms with Crippen molar-refractivity contribution in [1.82, 2.24) is 9.97 Å². The van der Waals surface area contributed by atoms with Gasteiger partial charge in [0.05, 0.1) is 30.8 Å². The van der Waals surface area contributed by atoms with E-state index in [1.54, 1.807) is 4.90 Å². The SMILES string of the molecule is c1ccc2[nH]c(NCCC[NH+]3CCOCC3)nc2c1. The number of hydrogen-bond donors (Lipinski definition) is 3. The quantitative estimate of drug-likeness (QED) is 0.678. The largest absolute Gasteiger partial charge is 0.370 e. The minimum Gasteiger partial charge on any atom is -0.370 e. The number of nitrogens with zero attached hydrogens (tertiary/aromatic N) is 1. The zero-order valence-corrected chi connectivity index (χ0v) is 11.1. The molecule has 2 heterocycles. The van der Waals surface area contributed by atoms with Crippen molar-refractivity contribution in [1.29, 1.82) is 0 Å². The number of benzene rings is 1. The summed E-state index contributed by atoms with van der Waals surface area (Å²) < 4.78 is 5.36. The Morgan fingerprint density at radius 1 is 1.26 bits per heavy atom. The van der Waals surface area contributed by atoms with Crippen molar-refractivity contribution < 1.29 is 9.64 Å². The van der Waals surface area contributed by atoms with Crippen LogP contribution in [0, 0.1) is 0 Å². The Bertz CT molecular complexity index is 486. The highest BCUT2D eigenvalue weighted by Crippen LogP contribution is 2.12. The molecule has 0 spiro atoms. The molecule has 5 heteroatoms. The first kappa shape index (κ1) is 12.4. The van der Waals surface area contributed by atoms with Crippen LogP contribution in [-0.4, -0.2) is 49.4 Å². The van der Waals surface area contributed by atoms with Crippen molar-refractivity contribution in [2.24, 2.45) is 0 Å². The van der Waals surface area contributed by atoms with Gasteiger partial charge < -0.3 is 19.9 Å². The summed E-state index contributed by atoms with van der Waals surface area (Å²) in [5.41, 5.74) is 2.10. The predicted octanol–water partition coefficient (Wildman–Crippen LogP) is 0.280. The molecule has 0 atom stereocenters. The zero-order chi connectivity index (χ0) is 12.9. The Hall–Kier alpha value is -1.59. The van der Waals surface area contributed by atoms with Crippen LogP contribution in [0.1, 0.15) is 6.42 Å². The number of quaternary nitrogens is 1. The number of imidazole rings is 1. The number of nitrogens with one attached hydrogen (secondary N) is 3. The Kier molecular flexibility index (Phi) is 3.95. The van der Waals surface area contributed by atoms with E-state index in [1.807, 2.05) is 24.3 Å². The second-order valence-corrected chi connectivity index (χ2v) is 5.00. The van der Waals surface area contributed by atoms with Crippen LogP contribution in [0.3, 0.4) is 0 Å². The molecular weight excluding hydrogens is 240 g/mol. The molecule has 1 aliphatic rings. The molecule has 3 N–H and O–H groups in total. The third-order valence-corrected chi connectivity index (χ3v) is 3.59. The van der Waals surface area contributed by atoms with Crippen molar-refractivity contribution in [3.8, 4) is 0 Å². The van der Waals surface area contributed by atoms with Gasteiger partial charge in [0.2, 0.25) is 5.95 Å². The van der Waals surface area contributed by atoms with E-state index in [-0.39, 0.29) is 0 Å². The number of rotatable bonds is 5. The first-order valence-electron chi connectivity index (χ1n) is 7.02. The highest BCUT2D eigenvalue weighted by Gasteiger charge is 2.12. The van der Waals surface area contributed by atoms with Crippen molar-refractivity contribution >= 4 is 17.0 Å². The summed E-state index contributed by atoms with van der Waals surface area (Å²) in [6, 6.07) is 8.10. The monoisotopic (exact) mass is 261 g/mol. The molecule has 0 aliphatic carbocycles. The lowest BCUT2D eigenvalue weighted by atomic mass is 10.3. The molecule has 1 saturated heterocycles. The summed E-state index contributed by atoms with van der Waals surface area (Å²) in [6.07, 6.45) is 1.16. The third kappa shape index (κ3) is 3.24. The van der Waals surface area contributed by atoms with Gasteiger partial charge in [0.15, 0.2) is 0 Å². The second kappa shape index (κ2) is 6.04. The number of hydrogen-bond acceptors (Lipinski definition) is 3. The van der Waals surface area contributed by atoms with E-state index in [9.17, 15) is 0 Å². The molecule has 0 bridgehead atoms. The molecule has 3 rings (SSSR count). The number of H-pyrrole nitrogens is 1. The van der Waals surface area contributed by atoms with Gasteiger partial charge in [0.1, 0.15) is 13.1 Å². The number of aromatic amines is 1. The molecule has 0 amide bonds. The van der Waals surface area contributed by atoms with Crippen LogP contribution in [-0.2, 0) is 4.74 Å². The lowest BCUT2D eigenvalue weighted by molar-refractivity contribution is -0.908. The molecule has 19 heavy (non-hydrogen) atoms. The summed E-state index contributed by atoms with van der Waals surface area (Å²) >= 11 is 0. The summed E-state index contributed by atoms with van der Waals surface area (Å²) in [5.74, 6) is 0.873. The fourth-order valence-electron chi connectivity index (χ4n) is 2.49. The zero-order valence-electron chi connectivity index (χ0n) is 11.1. The lowest BCUT2D eigenvalue weighted by Crippen LogP contribution is -3.14. The van der Waals surface area contributed by atoms with E-state index < -0.39 is 0 Å². The van der Waals surface area contributed by atoms with Gasteiger partial charge in [-0.2, -0.15) is 0 Å². The van der Waals surface area contributed by atoms with Crippen LogP contribution in [0.4, 0.5) is 5.95 Å². The Morgan fingerprint density at radius 3 is 2.95 bits per heavy atom. The summed E-state index contributed by atoms with van der Waals surface area (Å²) in [5, 5.41) is 3.36. The molecule has 5 nitrogen and oxygen atoms in total. The molecular formula is C14H21N4O+. The van der Waals surface area contributed by atoms with E-state index in [4.69, 9.17) is 4.74 Å². The second-order valence-electron chi connectivity index (χ2n) is 5.00. The maximum atomic E-state index is 5.36. The molecule has 0 unspecified atom stereocenters. The molecule has 1 aliphatic heterocycles. The van der Waals surface area contributed by atoms with E-state index in [0.29, 0.717) is 0 Å². The van der Waals surface area contributed by atoms with Gasteiger partial charge in [0, 0.05) is 13.0 Å². The Labute approximate surface area is 113 Å². The minimum atomic E-state index is 0.873. The lowest BCUT2D eigenvalue weighted by Gasteiger charge is -2.23. The van der Waals surface area contributed by atoms with Crippen LogP contribution < -0.4 is 10.2 Å². The Balaban J connectivity index is 1.44. The number of para-hydroxylation sites is 2. The highest BCUT2D eigenvalue weighted by molar-refractivity contribution is 5.77. The van der Waals surface area contributed by atoms with Gasteiger partial charge in [0.25, 0.3) is 0 Å². The van der Waals surface area contributed by atoms with E-state index in [1.165, 1.54) is 6.54 Å². The fourth-order valence-corrected chi connectivity index (χ4v) is 2.49. The van der Waals surface area contributed by atoms with Crippen LogP contribution in [0.5, 0.6) is 0 Å². The number of anilines is 1. The van der Waals surface area contributed by atoms with Crippen molar-refractivity contribution in [2.75, 3.05) is 44.7 Å². The van der Waals surface area contributed by atoms with Crippen molar-refractivity contribution in [3.63, 3.8) is 0 Å². The van der Waals surface area contributed by atoms with Gasteiger partial charge in [-0.05, 0) is 12.1 Å².